The van der Waals surface area contributed by atoms with Crippen LogP contribution in [0.15, 0.2) is 12.2 Å². The van der Waals surface area contributed by atoms with Crippen molar-refractivity contribution in [3.63, 3.8) is 0 Å². The Morgan fingerprint density at radius 1 is 0.964 bits per heavy atom. The summed E-state index contributed by atoms with van der Waals surface area (Å²) >= 11 is 0. The number of carbonyl (C=O) groups excluding carboxylic acids is 2. The molecule has 0 amide bonds. The van der Waals surface area contributed by atoms with Crippen LogP contribution in [0.5, 0.6) is 0 Å². The lowest BCUT2D eigenvalue weighted by Crippen LogP contribution is -2.55. The average Bonchev–Trinajstić information content (AvgIpc) is 2.90. The number of allylic oxidation sites excluding steroid dienone is 1. The summed E-state index contributed by atoms with van der Waals surface area (Å²) in [4.78, 5) is 23.1. The molecule has 0 aromatic heterocycles. The second-order valence-corrected chi connectivity index (χ2v) is 10.6. The van der Waals surface area contributed by atoms with Gasteiger partial charge in [0.2, 0.25) is 0 Å². The van der Waals surface area contributed by atoms with Crippen molar-refractivity contribution in [2.45, 2.75) is 91.3 Å². The lowest BCUT2D eigenvalue weighted by atomic mass is 9.44. The fourth-order valence-corrected chi connectivity index (χ4v) is 8.00. The first-order valence-electron chi connectivity index (χ1n) is 11.2. The van der Waals surface area contributed by atoms with Crippen molar-refractivity contribution in [3.05, 3.63) is 12.2 Å². The Kier molecular flexibility index (Phi) is 4.91. The Balaban J connectivity index is 1.57. The maximum atomic E-state index is 11.6. The molecule has 4 rings (SSSR count). The quantitative estimate of drug-likeness (QED) is 0.490. The molecule has 156 valence electrons. The van der Waals surface area contributed by atoms with Crippen LogP contribution in [-0.4, -0.2) is 24.1 Å². The van der Waals surface area contributed by atoms with Gasteiger partial charge in [0, 0.05) is 19.3 Å². The Bertz CT molecular complexity index is 684. The van der Waals surface area contributed by atoms with Gasteiger partial charge >= 0.3 is 11.9 Å². The fraction of sp³-hybridized carbons (Fsp3) is 0.833. The maximum absolute atomic E-state index is 11.6. The van der Waals surface area contributed by atoms with Crippen LogP contribution in [-0.2, 0) is 19.1 Å². The third kappa shape index (κ3) is 3.02. The molecule has 8 atom stereocenters. The first-order chi connectivity index (χ1) is 13.1. The minimum absolute atomic E-state index is 0.0398. The monoisotopic (exact) mass is 388 g/mol. The molecule has 4 saturated carbocycles. The summed E-state index contributed by atoms with van der Waals surface area (Å²) in [6.45, 7) is 12.5. The maximum Gasteiger partial charge on any atom is 0.302 e. The normalized spacial score (nSPS) is 47.5. The summed E-state index contributed by atoms with van der Waals surface area (Å²) in [5.74, 6) is 2.13. The van der Waals surface area contributed by atoms with Crippen molar-refractivity contribution < 1.29 is 19.1 Å². The van der Waals surface area contributed by atoms with Gasteiger partial charge in [-0.1, -0.05) is 26.0 Å². The summed E-state index contributed by atoms with van der Waals surface area (Å²) in [5.41, 5.74) is 1.68. The third-order valence-electron chi connectivity index (χ3n) is 9.00. The molecule has 0 N–H and O–H groups in total. The molecule has 0 radical (unpaired) electrons. The molecule has 0 aromatic rings. The summed E-state index contributed by atoms with van der Waals surface area (Å²) < 4.78 is 11.3. The van der Waals surface area contributed by atoms with Gasteiger partial charge in [0.1, 0.15) is 12.2 Å². The largest absolute Gasteiger partial charge is 0.463 e. The van der Waals surface area contributed by atoms with E-state index in [-0.39, 0.29) is 35.0 Å². The van der Waals surface area contributed by atoms with Crippen molar-refractivity contribution in [3.8, 4) is 0 Å². The lowest BCUT2D eigenvalue weighted by molar-refractivity contribution is -0.160. The van der Waals surface area contributed by atoms with E-state index in [4.69, 9.17) is 9.47 Å². The van der Waals surface area contributed by atoms with E-state index >= 15 is 0 Å². The number of hydrogen-bond donors (Lipinski definition) is 0. The van der Waals surface area contributed by atoms with E-state index in [0.29, 0.717) is 23.7 Å². The lowest BCUT2D eigenvalue weighted by Gasteiger charge is -2.61. The van der Waals surface area contributed by atoms with E-state index in [1.807, 2.05) is 0 Å². The van der Waals surface area contributed by atoms with Crippen LogP contribution >= 0.6 is 0 Å². The van der Waals surface area contributed by atoms with Gasteiger partial charge in [-0.2, -0.15) is 0 Å². The molecule has 0 bridgehead atoms. The highest BCUT2D eigenvalue weighted by molar-refractivity contribution is 5.66. The summed E-state index contributed by atoms with van der Waals surface area (Å²) in [5, 5.41) is 0. The van der Waals surface area contributed by atoms with E-state index in [0.717, 1.165) is 32.1 Å². The molecule has 0 aromatic carbocycles. The van der Waals surface area contributed by atoms with Crippen LogP contribution in [0.1, 0.15) is 79.1 Å². The van der Waals surface area contributed by atoms with Crippen molar-refractivity contribution >= 4 is 11.9 Å². The molecule has 0 saturated heterocycles. The van der Waals surface area contributed by atoms with Gasteiger partial charge < -0.3 is 9.47 Å². The Labute approximate surface area is 169 Å². The van der Waals surface area contributed by atoms with E-state index in [9.17, 15) is 9.59 Å². The van der Waals surface area contributed by atoms with Crippen LogP contribution in [0.2, 0.25) is 0 Å². The molecular formula is C24H36O4. The molecule has 4 aliphatic carbocycles. The van der Waals surface area contributed by atoms with Crippen LogP contribution in [0.25, 0.3) is 0 Å². The average molecular weight is 389 g/mol. The van der Waals surface area contributed by atoms with Crippen molar-refractivity contribution in [2.24, 2.45) is 34.5 Å². The molecule has 0 unspecified atom stereocenters. The first-order valence-corrected chi connectivity index (χ1v) is 11.2. The molecule has 4 aliphatic rings. The van der Waals surface area contributed by atoms with Gasteiger partial charge in [0.05, 0.1) is 0 Å². The van der Waals surface area contributed by atoms with Gasteiger partial charge in [0.15, 0.2) is 0 Å². The molecule has 4 fully saturated rings. The number of hydrogen-bond acceptors (Lipinski definition) is 4. The van der Waals surface area contributed by atoms with Gasteiger partial charge in [-0.05, 0) is 80.5 Å². The minimum Gasteiger partial charge on any atom is -0.463 e. The topological polar surface area (TPSA) is 52.6 Å². The summed E-state index contributed by atoms with van der Waals surface area (Å²) in [6, 6.07) is 0. The molecule has 4 heteroatoms. The molecular weight excluding hydrogens is 352 g/mol. The van der Waals surface area contributed by atoms with Crippen LogP contribution in [0.4, 0.5) is 0 Å². The number of rotatable bonds is 2. The SMILES string of the molecule is C=C1C[C@@]2(C)[C@H](CC[C@H]2OC(C)=O)[C@@H]2CC[C@H]3C[C@H](OC(C)=O)CC[C@@]3(C)[C@H]12. The number of carbonyl (C=O) groups is 2. The number of ether oxygens (including phenoxy) is 2. The third-order valence-corrected chi connectivity index (χ3v) is 9.00. The molecule has 0 spiro atoms. The Hall–Kier alpha value is -1.32. The molecule has 0 heterocycles. The van der Waals surface area contributed by atoms with E-state index in [1.54, 1.807) is 0 Å². The predicted octanol–water partition coefficient (Wildman–Crippen LogP) is 5.06. The molecule has 28 heavy (non-hydrogen) atoms. The van der Waals surface area contributed by atoms with E-state index in [2.05, 4.69) is 20.4 Å². The zero-order valence-electron chi connectivity index (χ0n) is 18.0. The zero-order chi connectivity index (χ0) is 20.3. The van der Waals surface area contributed by atoms with E-state index < -0.39 is 0 Å². The van der Waals surface area contributed by atoms with Crippen LogP contribution in [0, 0.1) is 34.5 Å². The van der Waals surface area contributed by atoms with Crippen LogP contribution in [0.3, 0.4) is 0 Å². The Morgan fingerprint density at radius 3 is 2.36 bits per heavy atom. The van der Waals surface area contributed by atoms with Crippen molar-refractivity contribution in [1.82, 2.24) is 0 Å². The highest BCUT2D eigenvalue weighted by Gasteiger charge is 2.62. The predicted molar refractivity (Wildman–Crippen MR) is 107 cm³/mol. The fourth-order valence-electron chi connectivity index (χ4n) is 8.00. The highest BCUT2D eigenvalue weighted by Crippen LogP contribution is 2.67. The highest BCUT2D eigenvalue weighted by atomic mass is 16.5. The second-order valence-electron chi connectivity index (χ2n) is 10.6. The van der Waals surface area contributed by atoms with Gasteiger partial charge in [-0.3, -0.25) is 9.59 Å². The number of esters is 2. The summed E-state index contributed by atoms with van der Waals surface area (Å²) in [6.07, 6.45) is 8.81. The smallest absolute Gasteiger partial charge is 0.302 e. The van der Waals surface area contributed by atoms with Crippen molar-refractivity contribution in [1.29, 1.82) is 0 Å². The van der Waals surface area contributed by atoms with E-state index in [1.165, 1.54) is 38.7 Å². The van der Waals surface area contributed by atoms with Gasteiger partial charge in [-0.25, -0.2) is 0 Å². The standard InChI is InChI=1S/C24H36O4/c1-14-13-24(5)20(8-9-21(24)28-16(3)26)19-7-6-17-12-18(27-15(2)25)10-11-23(17,4)22(14)19/h17-22H,1,6-13H2,2-5H3/t17-,18+,19-,20+,21+,22+,23+,24-/m0/s1. The number of fused-ring (bicyclic) bond motifs is 5. The second kappa shape index (κ2) is 6.88. The summed E-state index contributed by atoms with van der Waals surface area (Å²) in [7, 11) is 0. The van der Waals surface area contributed by atoms with Crippen LogP contribution < -0.4 is 0 Å². The van der Waals surface area contributed by atoms with Gasteiger partial charge in [-0.15, -0.1) is 0 Å². The Morgan fingerprint density at radius 2 is 1.68 bits per heavy atom. The zero-order valence-corrected chi connectivity index (χ0v) is 18.0. The molecule has 4 nitrogen and oxygen atoms in total. The van der Waals surface area contributed by atoms with Gasteiger partial charge in [0.25, 0.3) is 0 Å². The molecule has 0 aliphatic heterocycles. The minimum atomic E-state index is -0.154. The van der Waals surface area contributed by atoms with Crippen molar-refractivity contribution in [2.75, 3.05) is 0 Å². The first kappa shape index (κ1) is 20.0.